The van der Waals surface area contributed by atoms with Gasteiger partial charge in [-0.05, 0) is 12.1 Å². The molecule has 1 fully saturated rings. The Labute approximate surface area is 112 Å². The molecule has 2 heterocycles. The van der Waals surface area contributed by atoms with Crippen molar-refractivity contribution in [3.05, 3.63) is 29.8 Å². The van der Waals surface area contributed by atoms with E-state index in [2.05, 4.69) is 10.2 Å². The molecule has 0 bridgehead atoms. The minimum Gasteiger partial charge on any atom is -0.369 e. The maximum absolute atomic E-state index is 11.8. The van der Waals surface area contributed by atoms with Crippen LogP contribution in [-0.4, -0.2) is 49.4 Å². The Hall–Kier alpha value is -2.04. The number of carbonyl (C=O) groups excluding carboxylic acids is 2. The highest BCUT2D eigenvalue weighted by atomic mass is 16.2. The zero-order valence-electron chi connectivity index (χ0n) is 10.8. The Morgan fingerprint density at radius 3 is 2.63 bits per heavy atom. The lowest BCUT2D eigenvalue weighted by molar-refractivity contribution is 0.0979. The number of amides is 2. The molecular weight excluding hydrogens is 242 g/mol. The largest absolute Gasteiger partial charge is 0.369 e. The van der Waals surface area contributed by atoms with Gasteiger partial charge in [-0.1, -0.05) is 12.1 Å². The highest BCUT2D eigenvalue weighted by Gasteiger charge is 2.24. The molecule has 2 amide bonds. The predicted molar refractivity (Wildman–Crippen MR) is 72.6 cm³/mol. The number of fused-ring (bicyclic) bond motifs is 1. The lowest BCUT2D eigenvalue weighted by Crippen LogP contribution is -2.40. The zero-order valence-corrected chi connectivity index (χ0v) is 10.8. The summed E-state index contributed by atoms with van der Waals surface area (Å²) in [5.74, 6) is 0.214. The quantitative estimate of drug-likeness (QED) is 0.884. The summed E-state index contributed by atoms with van der Waals surface area (Å²) >= 11 is 0. The highest BCUT2D eigenvalue weighted by Crippen LogP contribution is 2.26. The summed E-state index contributed by atoms with van der Waals surface area (Å²) in [4.78, 5) is 27.3. The molecule has 0 atom stereocenters. The Balaban J connectivity index is 1.70. The van der Waals surface area contributed by atoms with Crippen LogP contribution < -0.4 is 10.2 Å². The predicted octanol–water partition coefficient (Wildman–Crippen LogP) is 1.10. The summed E-state index contributed by atoms with van der Waals surface area (Å²) in [5, 5.41) is 2.80. The van der Waals surface area contributed by atoms with Crippen LogP contribution in [0.2, 0.25) is 0 Å². The minimum atomic E-state index is 0.0152. The maximum Gasteiger partial charge on any atom is 0.317 e. The zero-order chi connectivity index (χ0) is 13.2. The lowest BCUT2D eigenvalue weighted by atomic mass is 10.0. The van der Waals surface area contributed by atoms with Gasteiger partial charge in [-0.3, -0.25) is 4.79 Å². The van der Waals surface area contributed by atoms with Crippen LogP contribution >= 0.6 is 0 Å². The standard InChI is InChI=1S/C14H17N3O2/c18-13-5-7-16(12-4-2-1-3-11(12)13)9-10-17-8-6-15-14(17)19/h1-4H,5-10H2,(H,15,19). The summed E-state index contributed by atoms with van der Waals surface area (Å²) in [7, 11) is 0. The van der Waals surface area contributed by atoms with Crippen LogP contribution in [-0.2, 0) is 0 Å². The average Bonchev–Trinajstić information content (AvgIpc) is 2.84. The van der Waals surface area contributed by atoms with E-state index in [1.54, 1.807) is 0 Å². The van der Waals surface area contributed by atoms with E-state index in [4.69, 9.17) is 0 Å². The van der Waals surface area contributed by atoms with Crippen molar-refractivity contribution < 1.29 is 9.59 Å². The second-order valence-electron chi connectivity index (χ2n) is 4.90. The molecule has 100 valence electrons. The van der Waals surface area contributed by atoms with E-state index in [1.807, 2.05) is 29.2 Å². The van der Waals surface area contributed by atoms with Crippen LogP contribution in [0, 0.1) is 0 Å². The number of ketones is 1. The summed E-state index contributed by atoms with van der Waals surface area (Å²) < 4.78 is 0. The van der Waals surface area contributed by atoms with Crippen LogP contribution in [0.15, 0.2) is 24.3 Å². The number of carbonyl (C=O) groups is 2. The van der Waals surface area contributed by atoms with Crippen molar-refractivity contribution in [2.75, 3.05) is 37.6 Å². The van der Waals surface area contributed by atoms with Gasteiger partial charge in [0.15, 0.2) is 5.78 Å². The third kappa shape index (κ3) is 2.28. The smallest absolute Gasteiger partial charge is 0.317 e. The molecule has 3 rings (SSSR count). The van der Waals surface area contributed by atoms with Crippen molar-refractivity contribution in [2.24, 2.45) is 0 Å². The van der Waals surface area contributed by atoms with Crippen molar-refractivity contribution in [1.82, 2.24) is 10.2 Å². The van der Waals surface area contributed by atoms with Crippen molar-refractivity contribution in [1.29, 1.82) is 0 Å². The van der Waals surface area contributed by atoms with Gasteiger partial charge in [-0.25, -0.2) is 4.79 Å². The van der Waals surface area contributed by atoms with E-state index in [9.17, 15) is 9.59 Å². The molecular formula is C14H17N3O2. The topological polar surface area (TPSA) is 52.7 Å². The third-order valence-electron chi connectivity index (χ3n) is 3.74. The van der Waals surface area contributed by atoms with Gasteiger partial charge >= 0.3 is 6.03 Å². The molecule has 5 nitrogen and oxygen atoms in total. The number of benzene rings is 1. The summed E-state index contributed by atoms with van der Waals surface area (Å²) in [6.07, 6.45) is 0.559. The van der Waals surface area contributed by atoms with E-state index in [-0.39, 0.29) is 11.8 Å². The van der Waals surface area contributed by atoms with Crippen molar-refractivity contribution in [3.8, 4) is 0 Å². The van der Waals surface area contributed by atoms with E-state index in [1.165, 1.54) is 0 Å². The number of rotatable bonds is 3. The highest BCUT2D eigenvalue weighted by molar-refractivity contribution is 6.03. The minimum absolute atomic E-state index is 0.0152. The number of Topliss-reactive ketones (excluding diaryl/α,β-unsaturated/α-hetero) is 1. The van der Waals surface area contributed by atoms with E-state index in [0.717, 1.165) is 37.4 Å². The fourth-order valence-electron chi connectivity index (χ4n) is 2.67. The van der Waals surface area contributed by atoms with Crippen molar-refractivity contribution in [2.45, 2.75) is 6.42 Å². The molecule has 1 aromatic carbocycles. The first-order valence-electron chi connectivity index (χ1n) is 6.65. The first-order valence-corrected chi connectivity index (χ1v) is 6.65. The molecule has 0 saturated carbocycles. The van der Waals surface area contributed by atoms with Crippen LogP contribution in [0.5, 0.6) is 0 Å². The molecule has 0 spiro atoms. The van der Waals surface area contributed by atoms with Crippen molar-refractivity contribution in [3.63, 3.8) is 0 Å². The van der Waals surface area contributed by atoms with Gasteiger partial charge in [0.05, 0.1) is 0 Å². The SMILES string of the molecule is O=C1CCN(CCN2CCNC2=O)c2ccccc21. The molecule has 1 N–H and O–H groups in total. The average molecular weight is 259 g/mol. The molecule has 5 heteroatoms. The number of anilines is 1. The fourth-order valence-corrected chi connectivity index (χ4v) is 2.67. The van der Waals surface area contributed by atoms with Crippen LogP contribution in [0.25, 0.3) is 0 Å². The summed E-state index contributed by atoms with van der Waals surface area (Å²) in [6.45, 7) is 3.72. The number of urea groups is 1. The number of hydrogen-bond acceptors (Lipinski definition) is 3. The van der Waals surface area contributed by atoms with Gasteiger partial charge in [-0.2, -0.15) is 0 Å². The van der Waals surface area contributed by atoms with Gasteiger partial charge in [0.2, 0.25) is 0 Å². The van der Waals surface area contributed by atoms with Gasteiger partial charge in [-0.15, -0.1) is 0 Å². The molecule has 0 aromatic heterocycles. The second-order valence-corrected chi connectivity index (χ2v) is 4.90. The Bertz CT molecular complexity index is 515. The molecule has 1 saturated heterocycles. The monoisotopic (exact) mass is 259 g/mol. The Kier molecular flexibility index (Phi) is 3.11. The fraction of sp³-hybridized carbons (Fsp3) is 0.429. The van der Waals surface area contributed by atoms with E-state index < -0.39 is 0 Å². The van der Waals surface area contributed by atoms with Crippen LogP contribution in [0.4, 0.5) is 10.5 Å². The first-order chi connectivity index (χ1) is 9.25. The molecule has 0 radical (unpaired) electrons. The Morgan fingerprint density at radius 2 is 1.84 bits per heavy atom. The second kappa shape index (κ2) is 4.91. The molecule has 2 aliphatic heterocycles. The van der Waals surface area contributed by atoms with E-state index >= 15 is 0 Å². The molecule has 0 unspecified atom stereocenters. The van der Waals surface area contributed by atoms with Crippen LogP contribution in [0.1, 0.15) is 16.8 Å². The van der Waals surface area contributed by atoms with Crippen LogP contribution in [0.3, 0.4) is 0 Å². The van der Waals surface area contributed by atoms with Crippen molar-refractivity contribution >= 4 is 17.5 Å². The van der Waals surface area contributed by atoms with Gasteiger partial charge in [0, 0.05) is 50.4 Å². The Morgan fingerprint density at radius 1 is 1.05 bits per heavy atom. The van der Waals surface area contributed by atoms with Gasteiger partial charge in [0.25, 0.3) is 0 Å². The maximum atomic E-state index is 11.8. The lowest BCUT2D eigenvalue weighted by Gasteiger charge is -2.31. The van der Waals surface area contributed by atoms with Gasteiger partial charge in [0.1, 0.15) is 0 Å². The molecule has 1 aromatic rings. The molecule has 0 aliphatic carbocycles. The number of hydrogen-bond donors (Lipinski definition) is 1. The first kappa shape index (κ1) is 12.0. The molecule has 2 aliphatic rings. The molecule has 19 heavy (non-hydrogen) atoms. The number of para-hydroxylation sites is 1. The van der Waals surface area contributed by atoms with Gasteiger partial charge < -0.3 is 15.1 Å². The number of nitrogens with zero attached hydrogens (tertiary/aromatic N) is 2. The summed E-state index contributed by atoms with van der Waals surface area (Å²) in [6, 6.07) is 7.73. The summed E-state index contributed by atoms with van der Waals surface area (Å²) in [5.41, 5.74) is 1.80. The third-order valence-corrected chi connectivity index (χ3v) is 3.74. The number of nitrogens with one attached hydrogen (secondary N) is 1. The normalized spacial score (nSPS) is 18.5. The van der Waals surface area contributed by atoms with E-state index in [0.29, 0.717) is 13.0 Å².